The summed E-state index contributed by atoms with van der Waals surface area (Å²) in [6.07, 6.45) is 0. The maximum absolute atomic E-state index is 13.6. The molecule has 150 valence electrons. The molecule has 1 heterocycles. The number of halogens is 1. The normalized spacial score (nSPS) is 20.7. The Morgan fingerprint density at radius 3 is 2.67 bits per heavy atom. The third-order valence-corrected chi connectivity index (χ3v) is 4.82. The quantitative estimate of drug-likeness (QED) is 0.385. The van der Waals surface area contributed by atoms with E-state index in [9.17, 15) is 9.18 Å². The lowest BCUT2D eigenvalue weighted by Gasteiger charge is -2.22. The predicted octanol–water partition coefficient (Wildman–Crippen LogP) is 1.84. The highest BCUT2D eigenvalue weighted by molar-refractivity contribution is 5.94. The largest absolute Gasteiger partial charge is 0.357 e. The van der Waals surface area contributed by atoms with Crippen LogP contribution in [0.2, 0.25) is 0 Å². The Balaban J connectivity index is 1.85. The Kier molecular flexibility index (Phi) is 8.03. The summed E-state index contributed by atoms with van der Waals surface area (Å²) < 4.78 is 13.6. The molecule has 2 unspecified atom stereocenters. The first-order valence-corrected chi connectivity index (χ1v) is 9.74. The van der Waals surface area contributed by atoms with Crippen molar-refractivity contribution in [3.05, 3.63) is 35.6 Å². The zero-order chi connectivity index (χ0) is 19.8. The van der Waals surface area contributed by atoms with Gasteiger partial charge in [-0.05, 0) is 38.8 Å². The first-order chi connectivity index (χ1) is 12.9. The van der Waals surface area contributed by atoms with Crippen molar-refractivity contribution >= 4 is 11.9 Å². The van der Waals surface area contributed by atoms with E-state index >= 15 is 0 Å². The highest BCUT2D eigenvalue weighted by atomic mass is 19.1. The van der Waals surface area contributed by atoms with Gasteiger partial charge in [0.15, 0.2) is 5.96 Å². The molecule has 1 amide bonds. The molecule has 2 atom stereocenters. The minimum atomic E-state index is -0.515. The van der Waals surface area contributed by atoms with Gasteiger partial charge in [0, 0.05) is 38.3 Å². The minimum Gasteiger partial charge on any atom is -0.357 e. The third-order valence-electron chi connectivity index (χ3n) is 4.82. The molecule has 1 fully saturated rings. The third kappa shape index (κ3) is 6.20. The Morgan fingerprint density at radius 1 is 1.30 bits per heavy atom. The van der Waals surface area contributed by atoms with E-state index in [0.717, 1.165) is 25.6 Å². The van der Waals surface area contributed by atoms with Gasteiger partial charge in [0.2, 0.25) is 0 Å². The second-order valence-corrected chi connectivity index (χ2v) is 7.27. The summed E-state index contributed by atoms with van der Waals surface area (Å²) in [5.74, 6) is 0.355. The number of nitrogens with zero attached hydrogens (tertiary/aromatic N) is 2. The van der Waals surface area contributed by atoms with Crippen LogP contribution in [0.3, 0.4) is 0 Å². The molecular weight excluding hydrogens is 345 g/mol. The Morgan fingerprint density at radius 2 is 2.04 bits per heavy atom. The van der Waals surface area contributed by atoms with Gasteiger partial charge in [-0.3, -0.25) is 14.7 Å². The molecular formula is C20H32FN5O. The minimum absolute atomic E-state index is 0.0556. The summed E-state index contributed by atoms with van der Waals surface area (Å²) in [5.41, 5.74) is 0.0556. The number of benzene rings is 1. The average Bonchev–Trinajstić information content (AvgIpc) is 3.00. The fraction of sp³-hybridized carbons (Fsp3) is 0.600. The van der Waals surface area contributed by atoms with Crippen LogP contribution in [0, 0.1) is 11.7 Å². The monoisotopic (exact) mass is 377 g/mol. The number of guanidine groups is 1. The van der Waals surface area contributed by atoms with Gasteiger partial charge in [0.05, 0.1) is 12.1 Å². The topological polar surface area (TPSA) is 68.8 Å². The van der Waals surface area contributed by atoms with Gasteiger partial charge in [-0.15, -0.1) is 0 Å². The van der Waals surface area contributed by atoms with Gasteiger partial charge in [0.1, 0.15) is 5.82 Å². The molecule has 0 saturated carbocycles. The molecule has 1 aliphatic rings. The number of amides is 1. The first-order valence-electron chi connectivity index (χ1n) is 9.74. The molecule has 1 aromatic rings. The van der Waals surface area contributed by atoms with Crippen molar-refractivity contribution in [2.75, 3.05) is 32.7 Å². The maximum Gasteiger partial charge on any atom is 0.254 e. The molecule has 1 saturated heterocycles. The molecule has 2 rings (SSSR count). The van der Waals surface area contributed by atoms with Gasteiger partial charge in [-0.25, -0.2) is 4.39 Å². The fourth-order valence-corrected chi connectivity index (χ4v) is 3.19. The van der Waals surface area contributed by atoms with Gasteiger partial charge in [-0.1, -0.05) is 19.1 Å². The molecule has 6 nitrogen and oxygen atoms in total. The zero-order valence-electron chi connectivity index (χ0n) is 16.8. The second kappa shape index (κ2) is 10.3. The first kappa shape index (κ1) is 21.2. The van der Waals surface area contributed by atoms with Crippen molar-refractivity contribution in [1.29, 1.82) is 0 Å². The SMILES string of the molecule is CCNC(=NCCNC(=O)c1ccccc1F)NC1CN(C(C)C)CC1C. The number of carbonyl (C=O) groups is 1. The highest BCUT2D eigenvalue weighted by Crippen LogP contribution is 2.18. The van der Waals surface area contributed by atoms with Crippen LogP contribution in [0.5, 0.6) is 0 Å². The van der Waals surface area contributed by atoms with E-state index < -0.39 is 11.7 Å². The van der Waals surface area contributed by atoms with E-state index in [0.29, 0.717) is 31.1 Å². The molecule has 0 aliphatic carbocycles. The molecule has 7 heteroatoms. The summed E-state index contributed by atoms with van der Waals surface area (Å²) in [6, 6.07) is 6.85. The van der Waals surface area contributed by atoms with Crippen molar-refractivity contribution < 1.29 is 9.18 Å². The molecule has 0 bridgehead atoms. The summed E-state index contributed by atoms with van der Waals surface area (Å²) in [6.45, 7) is 12.3. The lowest BCUT2D eigenvalue weighted by molar-refractivity contribution is 0.0951. The van der Waals surface area contributed by atoms with Crippen molar-refractivity contribution in [2.24, 2.45) is 10.9 Å². The van der Waals surface area contributed by atoms with Gasteiger partial charge < -0.3 is 16.0 Å². The smallest absolute Gasteiger partial charge is 0.254 e. The maximum atomic E-state index is 13.6. The van der Waals surface area contributed by atoms with E-state index in [4.69, 9.17) is 0 Å². The lowest BCUT2D eigenvalue weighted by Crippen LogP contribution is -2.47. The van der Waals surface area contributed by atoms with Crippen molar-refractivity contribution in [1.82, 2.24) is 20.9 Å². The number of aliphatic imine (C=N–C) groups is 1. The second-order valence-electron chi connectivity index (χ2n) is 7.27. The van der Waals surface area contributed by atoms with Crippen LogP contribution in [0.25, 0.3) is 0 Å². The van der Waals surface area contributed by atoms with Crippen LogP contribution in [-0.2, 0) is 0 Å². The van der Waals surface area contributed by atoms with Crippen LogP contribution in [-0.4, -0.2) is 61.6 Å². The van der Waals surface area contributed by atoms with Crippen LogP contribution in [0.4, 0.5) is 4.39 Å². The van der Waals surface area contributed by atoms with Crippen molar-refractivity contribution in [3.8, 4) is 0 Å². The van der Waals surface area contributed by atoms with Gasteiger partial charge >= 0.3 is 0 Å². The number of hydrogen-bond donors (Lipinski definition) is 3. The summed E-state index contributed by atoms with van der Waals surface area (Å²) in [5, 5.41) is 9.47. The Labute approximate surface area is 161 Å². The number of rotatable bonds is 7. The lowest BCUT2D eigenvalue weighted by atomic mass is 10.1. The molecule has 1 aliphatic heterocycles. The van der Waals surface area contributed by atoms with E-state index in [1.165, 1.54) is 12.1 Å². The average molecular weight is 378 g/mol. The molecule has 0 spiro atoms. The highest BCUT2D eigenvalue weighted by Gasteiger charge is 2.31. The fourth-order valence-electron chi connectivity index (χ4n) is 3.19. The van der Waals surface area contributed by atoms with Gasteiger partial charge in [0.25, 0.3) is 5.91 Å². The van der Waals surface area contributed by atoms with Crippen molar-refractivity contribution in [3.63, 3.8) is 0 Å². The van der Waals surface area contributed by atoms with E-state index in [-0.39, 0.29) is 5.56 Å². The predicted molar refractivity (Wildman–Crippen MR) is 108 cm³/mol. The summed E-state index contributed by atoms with van der Waals surface area (Å²) in [7, 11) is 0. The molecule has 0 aromatic heterocycles. The Bertz CT molecular complexity index is 649. The molecule has 3 N–H and O–H groups in total. The molecule has 1 aromatic carbocycles. The van der Waals surface area contributed by atoms with Crippen LogP contribution >= 0.6 is 0 Å². The van der Waals surface area contributed by atoms with E-state index in [1.807, 2.05) is 6.92 Å². The molecule has 27 heavy (non-hydrogen) atoms. The van der Waals surface area contributed by atoms with Crippen molar-refractivity contribution in [2.45, 2.75) is 39.8 Å². The summed E-state index contributed by atoms with van der Waals surface area (Å²) in [4.78, 5) is 19.0. The standard InChI is InChI=1S/C20H32FN5O/c1-5-22-20(25-18-13-26(14(2)3)12-15(18)4)24-11-10-23-19(27)16-8-6-7-9-17(16)21/h6-9,14-15,18H,5,10-13H2,1-4H3,(H,23,27)(H2,22,24,25). The van der Waals surface area contributed by atoms with Crippen LogP contribution in [0.15, 0.2) is 29.3 Å². The van der Waals surface area contributed by atoms with Gasteiger partial charge in [-0.2, -0.15) is 0 Å². The van der Waals surface area contributed by atoms with E-state index in [2.05, 4.69) is 46.6 Å². The molecule has 0 radical (unpaired) electrons. The number of hydrogen-bond acceptors (Lipinski definition) is 3. The summed E-state index contributed by atoms with van der Waals surface area (Å²) >= 11 is 0. The van der Waals surface area contributed by atoms with Crippen LogP contribution < -0.4 is 16.0 Å². The van der Waals surface area contributed by atoms with E-state index in [1.54, 1.807) is 12.1 Å². The number of carbonyl (C=O) groups excluding carboxylic acids is 1. The number of likely N-dealkylation sites (tertiary alicyclic amines) is 1. The number of nitrogens with one attached hydrogen (secondary N) is 3. The zero-order valence-corrected chi connectivity index (χ0v) is 16.8. The Hall–Kier alpha value is -2.15. The van der Waals surface area contributed by atoms with Crippen LogP contribution in [0.1, 0.15) is 38.1 Å².